The van der Waals surface area contributed by atoms with Gasteiger partial charge in [0.05, 0.1) is 14.2 Å². The zero-order valence-corrected chi connectivity index (χ0v) is 13.9. The first-order chi connectivity index (χ1) is 10.0. The molecule has 1 aromatic rings. The van der Waals surface area contributed by atoms with Gasteiger partial charge in [-0.05, 0) is 24.5 Å². The number of carbonyl (C=O) groups is 1. The van der Waals surface area contributed by atoms with E-state index < -0.39 is 12.0 Å². The number of aliphatic carboxylic acids is 1. The minimum atomic E-state index is -0.864. The molecule has 0 saturated heterocycles. The molecule has 21 heavy (non-hydrogen) atoms. The summed E-state index contributed by atoms with van der Waals surface area (Å²) in [6, 6.07) is 2.79. The number of methoxy groups -OCH3 is 2. The molecule has 0 aliphatic carbocycles. The van der Waals surface area contributed by atoms with Crippen LogP contribution in [-0.4, -0.2) is 43.3 Å². The zero-order valence-electron chi connectivity index (χ0n) is 12.3. The van der Waals surface area contributed by atoms with Gasteiger partial charge in [-0.2, -0.15) is 11.8 Å². The van der Waals surface area contributed by atoms with Crippen molar-refractivity contribution in [3.05, 3.63) is 22.7 Å². The highest BCUT2D eigenvalue weighted by atomic mass is 35.5. The number of rotatable bonds is 9. The minimum Gasteiger partial charge on any atom is -0.493 e. The molecule has 5 nitrogen and oxygen atoms in total. The molecule has 0 heterocycles. The molecule has 0 saturated carbocycles. The van der Waals surface area contributed by atoms with Crippen molar-refractivity contribution in [1.82, 2.24) is 5.32 Å². The highest BCUT2D eigenvalue weighted by molar-refractivity contribution is 7.98. The van der Waals surface area contributed by atoms with Crippen molar-refractivity contribution < 1.29 is 19.4 Å². The first-order valence-electron chi connectivity index (χ1n) is 6.39. The molecule has 1 atom stereocenters. The fraction of sp³-hybridized carbons (Fsp3) is 0.500. The molecular weight excluding hydrogens is 314 g/mol. The van der Waals surface area contributed by atoms with Gasteiger partial charge in [0.15, 0.2) is 11.5 Å². The van der Waals surface area contributed by atoms with E-state index in [9.17, 15) is 9.90 Å². The van der Waals surface area contributed by atoms with E-state index in [1.54, 1.807) is 23.9 Å². The Morgan fingerprint density at radius 3 is 2.67 bits per heavy atom. The fourth-order valence-corrected chi connectivity index (χ4v) is 2.62. The van der Waals surface area contributed by atoms with Crippen LogP contribution in [0.3, 0.4) is 0 Å². The third kappa shape index (κ3) is 5.30. The predicted octanol–water partition coefficient (Wildman–Crippen LogP) is 2.65. The van der Waals surface area contributed by atoms with Crippen LogP contribution in [0.2, 0.25) is 5.02 Å². The summed E-state index contributed by atoms with van der Waals surface area (Å²) in [4.78, 5) is 11.2. The highest BCUT2D eigenvalue weighted by Gasteiger charge is 2.18. The van der Waals surface area contributed by atoms with Crippen molar-refractivity contribution in [3.63, 3.8) is 0 Å². The molecule has 0 bridgehead atoms. The van der Waals surface area contributed by atoms with E-state index in [2.05, 4.69) is 5.32 Å². The van der Waals surface area contributed by atoms with Gasteiger partial charge in [-0.3, -0.25) is 4.79 Å². The first-order valence-corrected chi connectivity index (χ1v) is 8.16. The van der Waals surface area contributed by atoms with E-state index in [1.165, 1.54) is 14.2 Å². The van der Waals surface area contributed by atoms with Crippen molar-refractivity contribution >= 4 is 29.3 Å². The normalized spacial score (nSPS) is 12.0. The SMILES string of the molecule is COc1cc(Cl)cc(CNC(CCSC)C(=O)O)c1OC. The molecule has 0 fully saturated rings. The van der Waals surface area contributed by atoms with Gasteiger partial charge in [-0.1, -0.05) is 11.6 Å². The number of thioether (sulfide) groups is 1. The minimum absolute atomic E-state index is 0.339. The second-order valence-electron chi connectivity index (χ2n) is 4.35. The van der Waals surface area contributed by atoms with E-state index >= 15 is 0 Å². The molecule has 0 radical (unpaired) electrons. The highest BCUT2D eigenvalue weighted by Crippen LogP contribution is 2.34. The third-order valence-electron chi connectivity index (χ3n) is 2.97. The van der Waals surface area contributed by atoms with Gasteiger partial charge in [0.2, 0.25) is 0 Å². The van der Waals surface area contributed by atoms with Gasteiger partial charge in [0.1, 0.15) is 6.04 Å². The van der Waals surface area contributed by atoms with Crippen molar-refractivity contribution in [1.29, 1.82) is 0 Å². The molecule has 1 rings (SSSR count). The van der Waals surface area contributed by atoms with E-state index in [1.807, 2.05) is 6.26 Å². The van der Waals surface area contributed by atoms with Crippen molar-refractivity contribution in [2.75, 3.05) is 26.2 Å². The summed E-state index contributed by atoms with van der Waals surface area (Å²) in [6.07, 6.45) is 2.50. The molecule has 0 aliphatic rings. The number of carboxylic acids is 1. The maximum absolute atomic E-state index is 11.2. The maximum Gasteiger partial charge on any atom is 0.320 e. The average Bonchev–Trinajstić information content (AvgIpc) is 2.46. The Balaban J connectivity index is 2.86. The lowest BCUT2D eigenvalue weighted by Crippen LogP contribution is -2.36. The van der Waals surface area contributed by atoms with Crippen LogP contribution >= 0.6 is 23.4 Å². The Kier molecular flexibility index (Phi) is 7.71. The number of carboxylic acid groups (broad SMARTS) is 1. The summed E-state index contributed by atoms with van der Waals surface area (Å²) in [5, 5.41) is 12.7. The molecular formula is C14H20ClNO4S. The lowest BCUT2D eigenvalue weighted by molar-refractivity contribution is -0.139. The molecule has 2 N–H and O–H groups in total. The number of ether oxygens (including phenoxy) is 2. The molecule has 0 amide bonds. The Hall–Kier alpha value is -1.11. The standard InChI is InChI=1S/C14H20ClNO4S/c1-19-12-7-10(15)6-9(13(12)20-2)8-16-11(14(17)18)4-5-21-3/h6-7,11,16H,4-5,8H2,1-3H3,(H,17,18). The van der Waals surface area contributed by atoms with E-state index in [0.717, 1.165) is 11.3 Å². The number of nitrogens with one attached hydrogen (secondary N) is 1. The fourth-order valence-electron chi connectivity index (χ4n) is 1.92. The molecule has 7 heteroatoms. The molecule has 1 aromatic carbocycles. The average molecular weight is 334 g/mol. The van der Waals surface area contributed by atoms with Gasteiger partial charge < -0.3 is 19.9 Å². The van der Waals surface area contributed by atoms with Crippen molar-refractivity contribution in [3.8, 4) is 11.5 Å². The summed E-state index contributed by atoms with van der Waals surface area (Å²) >= 11 is 7.65. The number of halogens is 1. The van der Waals surface area contributed by atoms with Gasteiger partial charge >= 0.3 is 5.97 Å². The van der Waals surface area contributed by atoms with E-state index in [-0.39, 0.29) is 0 Å². The molecule has 0 aliphatic heterocycles. The quantitative estimate of drug-likeness (QED) is 0.724. The number of benzene rings is 1. The van der Waals surface area contributed by atoms with E-state index in [0.29, 0.717) is 29.5 Å². The number of hydrogen-bond acceptors (Lipinski definition) is 5. The van der Waals surface area contributed by atoms with Gasteiger partial charge in [0, 0.05) is 23.2 Å². The smallest absolute Gasteiger partial charge is 0.320 e. The topological polar surface area (TPSA) is 67.8 Å². The largest absolute Gasteiger partial charge is 0.493 e. The molecule has 1 unspecified atom stereocenters. The Morgan fingerprint density at radius 1 is 1.43 bits per heavy atom. The van der Waals surface area contributed by atoms with Crippen molar-refractivity contribution in [2.24, 2.45) is 0 Å². The van der Waals surface area contributed by atoms with Crippen LogP contribution in [-0.2, 0) is 11.3 Å². The lowest BCUT2D eigenvalue weighted by Gasteiger charge is -2.17. The van der Waals surface area contributed by atoms with Gasteiger partial charge in [-0.15, -0.1) is 0 Å². The Labute approximate surface area is 134 Å². The second kappa shape index (κ2) is 9.02. The summed E-state index contributed by atoms with van der Waals surface area (Å²) in [5.74, 6) is 0.998. The third-order valence-corrected chi connectivity index (χ3v) is 3.83. The van der Waals surface area contributed by atoms with Gasteiger partial charge in [0.25, 0.3) is 0 Å². The second-order valence-corrected chi connectivity index (χ2v) is 5.78. The molecule has 0 aromatic heterocycles. The van der Waals surface area contributed by atoms with Crippen LogP contribution in [0.25, 0.3) is 0 Å². The zero-order chi connectivity index (χ0) is 15.8. The van der Waals surface area contributed by atoms with Crippen LogP contribution in [0.15, 0.2) is 12.1 Å². The molecule has 118 valence electrons. The van der Waals surface area contributed by atoms with E-state index in [4.69, 9.17) is 21.1 Å². The van der Waals surface area contributed by atoms with Crippen molar-refractivity contribution in [2.45, 2.75) is 19.0 Å². The predicted molar refractivity (Wildman–Crippen MR) is 85.8 cm³/mol. The first kappa shape index (κ1) is 17.9. The van der Waals surface area contributed by atoms with Crippen LogP contribution in [0, 0.1) is 0 Å². The number of hydrogen-bond donors (Lipinski definition) is 2. The summed E-state index contributed by atoms with van der Waals surface area (Å²) in [7, 11) is 3.07. The maximum atomic E-state index is 11.2. The summed E-state index contributed by atoms with van der Waals surface area (Å²) in [6.45, 7) is 0.339. The lowest BCUT2D eigenvalue weighted by atomic mass is 10.1. The monoisotopic (exact) mass is 333 g/mol. The Bertz CT molecular complexity index is 484. The molecule has 0 spiro atoms. The Morgan fingerprint density at radius 2 is 2.14 bits per heavy atom. The van der Waals surface area contributed by atoms with Crippen LogP contribution < -0.4 is 14.8 Å². The van der Waals surface area contributed by atoms with Crippen LogP contribution in [0.1, 0.15) is 12.0 Å². The van der Waals surface area contributed by atoms with Crippen LogP contribution in [0.4, 0.5) is 0 Å². The van der Waals surface area contributed by atoms with Crippen LogP contribution in [0.5, 0.6) is 11.5 Å². The van der Waals surface area contributed by atoms with Gasteiger partial charge in [-0.25, -0.2) is 0 Å². The summed E-state index contributed by atoms with van der Waals surface area (Å²) in [5.41, 5.74) is 0.761. The summed E-state index contributed by atoms with van der Waals surface area (Å²) < 4.78 is 10.5.